The zero-order chi connectivity index (χ0) is 20.9. The fraction of sp³-hybridized carbons (Fsp3) is 0.174. The number of carbonyl (C=O) groups is 2. The van der Waals surface area contributed by atoms with E-state index >= 15 is 0 Å². The van der Waals surface area contributed by atoms with Crippen LogP contribution >= 0.6 is 0 Å². The van der Waals surface area contributed by atoms with Gasteiger partial charge in [-0.3, -0.25) is 9.69 Å². The maximum absolute atomic E-state index is 13.1. The predicted octanol–water partition coefficient (Wildman–Crippen LogP) is 3.59. The third-order valence-electron chi connectivity index (χ3n) is 4.96. The molecule has 152 valence electrons. The van der Waals surface area contributed by atoms with E-state index in [1.165, 1.54) is 18.3 Å². The molecule has 1 N–H and O–H groups in total. The van der Waals surface area contributed by atoms with Crippen molar-refractivity contribution in [3.05, 3.63) is 95.4 Å². The Labute approximate surface area is 174 Å². The summed E-state index contributed by atoms with van der Waals surface area (Å²) in [6.45, 7) is 1.82. The van der Waals surface area contributed by atoms with E-state index in [0.29, 0.717) is 37.6 Å². The molecule has 30 heavy (non-hydrogen) atoms. The van der Waals surface area contributed by atoms with Gasteiger partial charge in [-0.2, -0.15) is 0 Å². The van der Waals surface area contributed by atoms with Crippen LogP contribution in [-0.4, -0.2) is 34.9 Å². The van der Waals surface area contributed by atoms with Crippen LogP contribution in [0.2, 0.25) is 0 Å². The van der Waals surface area contributed by atoms with E-state index in [2.05, 4.69) is 10.3 Å². The van der Waals surface area contributed by atoms with Crippen molar-refractivity contribution in [1.29, 1.82) is 0 Å². The highest BCUT2D eigenvalue weighted by molar-refractivity contribution is 5.97. The van der Waals surface area contributed by atoms with Gasteiger partial charge in [0.25, 0.3) is 5.91 Å². The zero-order valence-corrected chi connectivity index (χ0v) is 16.3. The molecular weight excluding hydrogens is 383 g/mol. The number of hydrogen-bond donors (Lipinski definition) is 1. The van der Waals surface area contributed by atoms with Gasteiger partial charge in [-0.15, -0.1) is 0 Å². The first-order valence-corrected chi connectivity index (χ1v) is 9.69. The quantitative estimate of drug-likeness (QED) is 0.683. The molecule has 3 amide bonds. The van der Waals surface area contributed by atoms with Crippen LogP contribution < -0.4 is 10.2 Å². The van der Waals surface area contributed by atoms with Crippen molar-refractivity contribution in [1.82, 2.24) is 15.2 Å². The fourth-order valence-electron chi connectivity index (χ4n) is 3.34. The molecule has 2 aromatic carbocycles. The smallest absolute Gasteiger partial charge is 0.326 e. The number of halogens is 1. The van der Waals surface area contributed by atoms with Crippen LogP contribution in [0, 0.1) is 5.82 Å². The van der Waals surface area contributed by atoms with Crippen molar-refractivity contribution < 1.29 is 14.0 Å². The summed E-state index contributed by atoms with van der Waals surface area (Å²) < 4.78 is 13.1. The molecule has 0 aliphatic carbocycles. The summed E-state index contributed by atoms with van der Waals surface area (Å²) in [5, 5.41) is 2.88. The van der Waals surface area contributed by atoms with Gasteiger partial charge in [0.15, 0.2) is 0 Å². The maximum Gasteiger partial charge on any atom is 0.326 e. The maximum atomic E-state index is 13.1. The molecule has 1 aliphatic rings. The molecule has 1 aliphatic heterocycles. The van der Waals surface area contributed by atoms with E-state index in [1.807, 2.05) is 30.3 Å². The minimum absolute atomic E-state index is 0.186. The molecule has 0 radical (unpaired) electrons. The van der Waals surface area contributed by atoms with Gasteiger partial charge in [0.2, 0.25) is 0 Å². The van der Waals surface area contributed by atoms with Crippen LogP contribution in [0.5, 0.6) is 0 Å². The van der Waals surface area contributed by atoms with E-state index in [-0.39, 0.29) is 17.8 Å². The summed E-state index contributed by atoms with van der Waals surface area (Å²) in [6.07, 6.45) is 1.53. The lowest BCUT2D eigenvalue weighted by atomic mass is 10.2. The summed E-state index contributed by atoms with van der Waals surface area (Å²) in [7, 11) is 0. The summed E-state index contributed by atoms with van der Waals surface area (Å²) in [5.74, 6) is -0.0917. The Morgan fingerprint density at radius 2 is 1.77 bits per heavy atom. The van der Waals surface area contributed by atoms with Crippen LogP contribution in [0.4, 0.5) is 15.0 Å². The molecule has 4 rings (SSSR count). The Kier molecular flexibility index (Phi) is 5.70. The van der Waals surface area contributed by atoms with E-state index in [0.717, 1.165) is 11.1 Å². The molecule has 1 fully saturated rings. The van der Waals surface area contributed by atoms with Crippen LogP contribution in [0.25, 0.3) is 0 Å². The number of anilines is 1. The largest absolute Gasteiger partial charge is 0.348 e. The number of rotatable bonds is 6. The van der Waals surface area contributed by atoms with Crippen molar-refractivity contribution in [3.63, 3.8) is 0 Å². The molecule has 0 spiro atoms. The standard InChI is InChI=1S/C23H21FN4O2/c24-20-8-6-18(7-9-20)16-27-12-13-28(23(27)30)21-14-19(10-11-25-21)22(29)26-15-17-4-2-1-3-5-17/h1-11,14H,12-13,15-16H2,(H,26,29). The molecule has 3 aromatic rings. The summed E-state index contributed by atoms with van der Waals surface area (Å²) in [5.41, 5.74) is 2.31. The van der Waals surface area contributed by atoms with Crippen LogP contribution in [0.3, 0.4) is 0 Å². The van der Waals surface area contributed by atoms with Gasteiger partial charge in [0.05, 0.1) is 0 Å². The molecule has 7 heteroatoms. The Balaban J connectivity index is 1.41. The van der Waals surface area contributed by atoms with Crippen molar-refractivity contribution in [2.75, 3.05) is 18.0 Å². The average Bonchev–Trinajstić information content (AvgIpc) is 3.14. The van der Waals surface area contributed by atoms with Gasteiger partial charge in [-0.25, -0.2) is 14.2 Å². The lowest BCUT2D eigenvalue weighted by molar-refractivity contribution is 0.0950. The number of nitrogens with zero attached hydrogens (tertiary/aromatic N) is 3. The van der Waals surface area contributed by atoms with Crippen molar-refractivity contribution in [2.24, 2.45) is 0 Å². The number of amides is 3. The topological polar surface area (TPSA) is 65.5 Å². The number of urea groups is 1. The number of hydrogen-bond acceptors (Lipinski definition) is 3. The number of pyridine rings is 1. The second-order valence-electron chi connectivity index (χ2n) is 7.05. The van der Waals surface area contributed by atoms with Crippen molar-refractivity contribution >= 4 is 17.8 Å². The summed E-state index contributed by atoms with van der Waals surface area (Å²) >= 11 is 0. The highest BCUT2D eigenvalue weighted by Gasteiger charge is 2.30. The van der Waals surface area contributed by atoms with Crippen LogP contribution in [0.15, 0.2) is 72.9 Å². The van der Waals surface area contributed by atoms with Crippen LogP contribution in [0.1, 0.15) is 21.5 Å². The van der Waals surface area contributed by atoms with E-state index in [4.69, 9.17) is 0 Å². The van der Waals surface area contributed by atoms with Gasteiger partial charge in [-0.05, 0) is 35.4 Å². The van der Waals surface area contributed by atoms with Gasteiger partial charge < -0.3 is 10.2 Å². The second kappa shape index (κ2) is 8.73. The molecule has 0 atom stereocenters. The first-order valence-electron chi connectivity index (χ1n) is 9.69. The number of nitrogens with one attached hydrogen (secondary N) is 1. The highest BCUT2D eigenvalue weighted by Crippen LogP contribution is 2.21. The van der Waals surface area contributed by atoms with Gasteiger partial charge >= 0.3 is 6.03 Å². The third kappa shape index (κ3) is 4.46. The Morgan fingerprint density at radius 3 is 2.53 bits per heavy atom. The monoisotopic (exact) mass is 404 g/mol. The lowest BCUT2D eigenvalue weighted by Crippen LogP contribution is -2.32. The molecule has 0 unspecified atom stereocenters. The summed E-state index contributed by atoms with van der Waals surface area (Å²) in [6, 6.07) is 18.8. The van der Waals surface area contributed by atoms with Crippen molar-refractivity contribution in [3.8, 4) is 0 Å². The zero-order valence-electron chi connectivity index (χ0n) is 16.3. The van der Waals surface area contributed by atoms with Gasteiger partial charge in [-0.1, -0.05) is 42.5 Å². The predicted molar refractivity (Wildman–Crippen MR) is 111 cm³/mol. The van der Waals surface area contributed by atoms with E-state index < -0.39 is 0 Å². The molecule has 1 aromatic heterocycles. The van der Waals surface area contributed by atoms with Crippen molar-refractivity contribution in [2.45, 2.75) is 13.1 Å². The van der Waals surface area contributed by atoms with E-state index in [9.17, 15) is 14.0 Å². The first-order chi connectivity index (χ1) is 14.6. The second-order valence-corrected chi connectivity index (χ2v) is 7.05. The first kappa shape index (κ1) is 19.6. The highest BCUT2D eigenvalue weighted by atomic mass is 19.1. The molecule has 0 bridgehead atoms. The number of carbonyl (C=O) groups excluding carboxylic acids is 2. The fourth-order valence-corrected chi connectivity index (χ4v) is 3.34. The Bertz CT molecular complexity index is 1040. The van der Waals surface area contributed by atoms with E-state index in [1.54, 1.807) is 34.1 Å². The summed E-state index contributed by atoms with van der Waals surface area (Å²) in [4.78, 5) is 32.8. The number of aromatic nitrogens is 1. The Morgan fingerprint density at radius 1 is 1.00 bits per heavy atom. The minimum Gasteiger partial charge on any atom is -0.348 e. The molecule has 0 saturated carbocycles. The Hall–Kier alpha value is -3.74. The number of benzene rings is 2. The molecular formula is C23H21FN4O2. The minimum atomic E-state index is -0.306. The average molecular weight is 404 g/mol. The molecule has 2 heterocycles. The van der Waals surface area contributed by atoms with Crippen LogP contribution in [-0.2, 0) is 13.1 Å². The normalized spacial score (nSPS) is 13.6. The van der Waals surface area contributed by atoms with Gasteiger partial charge in [0, 0.05) is 37.9 Å². The molecule has 1 saturated heterocycles. The third-order valence-corrected chi connectivity index (χ3v) is 4.96. The lowest BCUT2D eigenvalue weighted by Gasteiger charge is -2.18. The van der Waals surface area contributed by atoms with Gasteiger partial charge in [0.1, 0.15) is 11.6 Å². The SMILES string of the molecule is O=C(NCc1ccccc1)c1ccnc(N2CCN(Cc3ccc(F)cc3)C2=O)c1. The molecule has 6 nitrogen and oxygen atoms in total.